The van der Waals surface area contributed by atoms with E-state index in [9.17, 15) is 9.90 Å². The number of aryl methyl sites for hydroxylation is 3. The molecule has 2 aromatic rings. The number of likely N-dealkylation sites (N-methyl/N-ethyl adjacent to an activating group) is 1. The average molecular weight is 358 g/mol. The highest BCUT2D eigenvalue weighted by atomic mass is 16.3. The number of fused-ring (bicyclic) bond motifs is 1. The molecular formula is C19H26N4O3. The zero-order valence-electron chi connectivity index (χ0n) is 15.6. The summed E-state index contributed by atoms with van der Waals surface area (Å²) in [5, 5.41) is 19.0. The number of rotatable bonds is 6. The van der Waals surface area contributed by atoms with Gasteiger partial charge in [0.05, 0.1) is 23.7 Å². The lowest BCUT2D eigenvalue weighted by Gasteiger charge is -2.18. The van der Waals surface area contributed by atoms with Crippen LogP contribution in [0.25, 0.3) is 11.0 Å². The summed E-state index contributed by atoms with van der Waals surface area (Å²) in [6, 6.07) is 3.96. The van der Waals surface area contributed by atoms with Crippen molar-refractivity contribution in [1.29, 1.82) is 0 Å². The van der Waals surface area contributed by atoms with Gasteiger partial charge in [0.1, 0.15) is 0 Å². The third kappa shape index (κ3) is 3.50. The van der Waals surface area contributed by atoms with Gasteiger partial charge in [0.15, 0.2) is 11.5 Å². The van der Waals surface area contributed by atoms with Gasteiger partial charge in [-0.25, -0.2) is 4.98 Å². The van der Waals surface area contributed by atoms with Crippen molar-refractivity contribution in [3.05, 3.63) is 39.3 Å². The van der Waals surface area contributed by atoms with Gasteiger partial charge in [-0.3, -0.25) is 9.79 Å². The second kappa shape index (κ2) is 7.55. The van der Waals surface area contributed by atoms with E-state index in [1.807, 2.05) is 37.9 Å². The fourth-order valence-corrected chi connectivity index (χ4v) is 3.22. The topological polar surface area (TPSA) is 91.0 Å². The Bertz CT molecular complexity index is 904. The van der Waals surface area contributed by atoms with Crippen LogP contribution >= 0.6 is 0 Å². The highest BCUT2D eigenvalue weighted by molar-refractivity contribution is 5.99. The molecular weight excluding hydrogens is 332 g/mol. The van der Waals surface area contributed by atoms with E-state index in [2.05, 4.69) is 9.98 Å². The number of nitrogens with zero attached hydrogens (tertiary/aromatic N) is 4. The molecule has 0 saturated heterocycles. The van der Waals surface area contributed by atoms with E-state index >= 15 is 0 Å². The molecule has 0 spiro atoms. The summed E-state index contributed by atoms with van der Waals surface area (Å²) in [5.41, 5.74) is 3.89. The molecule has 1 unspecified atom stereocenters. The summed E-state index contributed by atoms with van der Waals surface area (Å²) >= 11 is 0. The van der Waals surface area contributed by atoms with Gasteiger partial charge in [0.25, 0.3) is 5.56 Å². The number of amidine groups is 1. The Hall–Kier alpha value is -2.25. The molecule has 0 bridgehead atoms. The van der Waals surface area contributed by atoms with E-state index in [1.165, 1.54) is 0 Å². The van der Waals surface area contributed by atoms with Crippen LogP contribution in [0, 0.1) is 13.8 Å². The number of aliphatic imine (C=N–C) groups is 1. The van der Waals surface area contributed by atoms with E-state index in [1.54, 1.807) is 4.57 Å². The van der Waals surface area contributed by atoms with Crippen molar-refractivity contribution in [2.75, 3.05) is 26.7 Å². The molecule has 1 aromatic heterocycles. The summed E-state index contributed by atoms with van der Waals surface area (Å²) in [4.78, 5) is 24.2. The van der Waals surface area contributed by atoms with Crippen molar-refractivity contribution in [1.82, 2.24) is 14.5 Å². The molecule has 1 aliphatic heterocycles. The van der Waals surface area contributed by atoms with Crippen LogP contribution in [0.1, 0.15) is 29.7 Å². The molecule has 2 heterocycles. The lowest BCUT2D eigenvalue weighted by molar-refractivity contribution is 0.121. The molecule has 1 atom stereocenters. The van der Waals surface area contributed by atoms with Gasteiger partial charge in [0.2, 0.25) is 0 Å². The number of aromatic nitrogens is 2. The van der Waals surface area contributed by atoms with E-state index in [4.69, 9.17) is 5.11 Å². The summed E-state index contributed by atoms with van der Waals surface area (Å²) in [6.45, 7) is 5.76. The zero-order valence-corrected chi connectivity index (χ0v) is 15.6. The Labute approximate surface area is 152 Å². The molecule has 3 rings (SSSR count). The number of benzene rings is 1. The van der Waals surface area contributed by atoms with Crippen molar-refractivity contribution < 1.29 is 10.2 Å². The first-order chi connectivity index (χ1) is 12.4. The van der Waals surface area contributed by atoms with Crippen LogP contribution in [0.15, 0.2) is 21.9 Å². The SMILES string of the molecule is Cc1cc2nc(C3=NCCN3C)c(=O)n(CCC(O)CCO)c2cc1C. The molecule has 2 N–H and O–H groups in total. The van der Waals surface area contributed by atoms with E-state index in [0.29, 0.717) is 37.5 Å². The average Bonchev–Trinajstić information content (AvgIpc) is 3.01. The summed E-state index contributed by atoms with van der Waals surface area (Å²) in [6.07, 6.45) is 0.0588. The third-order valence-corrected chi connectivity index (χ3v) is 4.98. The maximum Gasteiger partial charge on any atom is 0.280 e. The van der Waals surface area contributed by atoms with Crippen LogP contribution in [-0.2, 0) is 6.54 Å². The lowest BCUT2D eigenvalue weighted by Crippen LogP contribution is -2.35. The second-order valence-corrected chi connectivity index (χ2v) is 6.92. The largest absolute Gasteiger partial charge is 0.396 e. The molecule has 140 valence electrons. The highest BCUT2D eigenvalue weighted by Crippen LogP contribution is 2.19. The van der Waals surface area contributed by atoms with Gasteiger partial charge < -0.3 is 19.7 Å². The quantitative estimate of drug-likeness (QED) is 0.798. The van der Waals surface area contributed by atoms with E-state index in [0.717, 1.165) is 28.7 Å². The van der Waals surface area contributed by atoms with E-state index in [-0.39, 0.29) is 12.2 Å². The summed E-state index contributed by atoms with van der Waals surface area (Å²) in [5.74, 6) is 0.625. The molecule has 1 aromatic carbocycles. The minimum absolute atomic E-state index is 0.0711. The number of hydrogen-bond acceptors (Lipinski definition) is 6. The van der Waals surface area contributed by atoms with Crippen LogP contribution in [0.5, 0.6) is 0 Å². The first kappa shape index (κ1) is 18.5. The Morgan fingerprint density at radius 2 is 1.96 bits per heavy atom. The van der Waals surface area contributed by atoms with Crippen molar-refractivity contribution in [3.8, 4) is 0 Å². The lowest BCUT2D eigenvalue weighted by atomic mass is 10.1. The Morgan fingerprint density at radius 3 is 2.62 bits per heavy atom. The van der Waals surface area contributed by atoms with Gasteiger partial charge in [-0.15, -0.1) is 0 Å². The standard InChI is InChI=1S/C19H26N4O3/c1-12-10-15-16(11-13(12)2)23(7-4-14(25)5-9-24)19(26)17(21-15)18-20-6-8-22(18)3/h10-11,14,24-25H,4-9H2,1-3H3. The van der Waals surface area contributed by atoms with Crippen LogP contribution in [0.3, 0.4) is 0 Å². The van der Waals surface area contributed by atoms with Crippen LogP contribution < -0.4 is 5.56 Å². The molecule has 0 saturated carbocycles. The van der Waals surface area contributed by atoms with Crippen molar-refractivity contribution >= 4 is 16.9 Å². The Morgan fingerprint density at radius 1 is 1.23 bits per heavy atom. The fourth-order valence-electron chi connectivity index (χ4n) is 3.22. The van der Waals surface area contributed by atoms with Gasteiger partial charge in [-0.05, 0) is 49.9 Å². The van der Waals surface area contributed by atoms with Crippen LogP contribution in [-0.4, -0.2) is 63.3 Å². The summed E-state index contributed by atoms with van der Waals surface area (Å²) < 4.78 is 1.68. The molecule has 0 aliphatic carbocycles. The molecule has 0 amide bonds. The molecule has 7 nitrogen and oxygen atoms in total. The second-order valence-electron chi connectivity index (χ2n) is 6.92. The maximum absolute atomic E-state index is 13.1. The molecule has 7 heteroatoms. The summed E-state index contributed by atoms with van der Waals surface area (Å²) in [7, 11) is 1.91. The molecule has 0 fully saturated rings. The molecule has 26 heavy (non-hydrogen) atoms. The smallest absolute Gasteiger partial charge is 0.280 e. The molecule has 1 aliphatic rings. The predicted octanol–water partition coefficient (Wildman–Crippen LogP) is 0.839. The van der Waals surface area contributed by atoms with Gasteiger partial charge in [-0.1, -0.05) is 0 Å². The van der Waals surface area contributed by atoms with Crippen molar-refractivity contribution in [2.24, 2.45) is 4.99 Å². The van der Waals surface area contributed by atoms with Gasteiger partial charge in [-0.2, -0.15) is 0 Å². The highest BCUT2D eigenvalue weighted by Gasteiger charge is 2.22. The molecule has 0 radical (unpaired) electrons. The monoisotopic (exact) mass is 358 g/mol. The van der Waals surface area contributed by atoms with Gasteiger partial charge in [0, 0.05) is 26.7 Å². The Balaban J connectivity index is 2.13. The first-order valence-corrected chi connectivity index (χ1v) is 8.99. The minimum Gasteiger partial charge on any atom is -0.396 e. The minimum atomic E-state index is -0.642. The third-order valence-electron chi connectivity index (χ3n) is 4.98. The van der Waals surface area contributed by atoms with Crippen molar-refractivity contribution in [2.45, 2.75) is 39.3 Å². The fraction of sp³-hybridized carbons (Fsp3) is 0.526. The number of aliphatic hydroxyl groups is 2. The zero-order chi connectivity index (χ0) is 18.8. The van der Waals surface area contributed by atoms with Crippen molar-refractivity contribution in [3.63, 3.8) is 0 Å². The maximum atomic E-state index is 13.1. The van der Waals surface area contributed by atoms with Gasteiger partial charge >= 0.3 is 0 Å². The first-order valence-electron chi connectivity index (χ1n) is 8.99. The Kier molecular flexibility index (Phi) is 5.38. The number of hydrogen-bond donors (Lipinski definition) is 2. The van der Waals surface area contributed by atoms with Crippen LogP contribution in [0.4, 0.5) is 0 Å². The van der Waals surface area contributed by atoms with E-state index < -0.39 is 6.10 Å². The van der Waals surface area contributed by atoms with Crippen LogP contribution in [0.2, 0.25) is 0 Å². The number of aliphatic hydroxyl groups excluding tert-OH is 2. The predicted molar refractivity (Wildman–Crippen MR) is 102 cm³/mol. The normalized spacial score (nSPS) is 15.6.